The van der Waals surface area contributed by atoms with Crippen molar-refractivity contribution in [2.24, 2.45) is 22.0 Å². The molecule has 1 saturated heterocycles. The summed E-state index contributed by atoms with van der Waals surface area (Å²) >= 11 is 1.37. The largest absolute Gasteiger partial charge is 0.491 e. The lowest BCUT2D eigenvalue weighted by molar-refractivity contribution is -0.271. The zero-order chi connectivity index (χ0) is 60.7. The van der Waals surface area contributed by atoms with Crippen molar-refractivity contribution in [3.05, 3.63) is 112 Å². The Bertz CT molecular complexity index is 3570. The molecule has 9 N–H and O–H groups in total. The minimum Gasteiger partial charge on any atom is -0.491 e. The van der Waals surface area contributed by atoms with Crippen molar-refractivity contribution >= 4 is 56.4 Å². The van der Waals surface area contributed by atoms with E-state index in [-0.39, 0.29) is 78.9 Å². The maximum atomic E-state index is 13.9. The van der Waals surface area contributed by atoms with Crippen molar-refractivity contribution in [1.82, 2.24) is 25.1 Å². The number of aromatic carboxylic acids is 1. The van der Waals surface area contributed by atoms with Gasteiger partial charge in [-0.15, -0.1) is 0 Å². The van der Waals surface area contributed by atoms with Crippen LogP contribution in [0.5, 0.6) is 11.5 Å². The number of para-hydroxylation sites is 1. The first kappa shape index (κ1) is 59.9. The molecule has 6 aromatic rings. The Morgan fingerprint density at radius 2 is 1.67 bits per heavy atom. The topological polar surface area (TPSA) is 346 Å². The highest BCUT2D eigenvalue weighted by molar-refractivity contribution is 7.22. The third-order valence-corrected chi connectivity index (χ3v) is 18.2. The number of fused-ring (bicyclic) bond motifs is 2. The van der Waals surface area contributed by atoms with Gasteiger partial charge in [0, 0.05) is 66.7 Å². The lowest BCUT2D eigenvalue weighted by Crippen LogP contribution is -2.64. The zero-order valence-electron chi connectivity index (χ0n) is 47.8. The van der Waals surface area contributed by atoms with Crippen LogP contribution in [0.25, 0.3) is 21.3 Å². The summed E-state index contributed by atoms with van der Waals surface area (Å²) in [5.74, 6) is -2.43. The number of hydrogen-bond acceptors (Lipinski definition) is 20. The second-order valence-electron chi connectivity index (χ2n) is 24.1. The van der Waals surface area contributed by atoms with Gasteiger partial charge in [-0.25, -0.2) is 24.4 Å². The van der Waals surface area contributed by atoms with Crippen LogP contribution >= 0.6 is 11.3 Å². The Hall–Kier alpha value is -7.80. The summed E-state index contributed by atoms with van der Waals surface area (Å²) < 4.78 is 37.8. The van der Waals surface area contributed by atoms with Gasteiger partial charge in [0.1, 0.15) is 48.8 Å². The van der Waals surface area contributed by atoms with E-state index >= 15 is 0 Å². The van der Waals surface area contributed by atoms with Crippen LogP contribution in [0.2, 0.25) is 0 Å². The smallest absolute Gasteiger partial charge is 0.407 e. The second-order valence-corrected chi connectivity index (χ2v) is 25.1. The minimum absolute atomic E-state index is 0.0210. The number of nitriles is 1. The van der Waals surface area contributed by atoms with E-state index in [0.29, 0.717) is 77.0 Å². The second kappa shape index (κ2) is 24.2. The van der Waals surface area contributed by atoms with Crippen LogP contribution in [0.1, 0.15) is 101 Å². The molecule has 7 atom stereocenters. The third-order valence-electron chi connectivity index (χ3n) is 17.2. The maximum absolute atomic E-state index is 13.9. The van der Waals surface area contributed by atoms with E-state index in [1.807, 2.05) is 40.8 Å². The van der Waals surface area contributed by atoms with Crippen molar-refractivity contribution in [3.8, 4) is 28.7 Å². The fourth-order valence-corrected chi connectivity index (χ4v) is 15.6. The highest BCUT2D eigenvalue weighted by atomic mass is 32.1. The third kappa shape index (κ3) is 12.3. The molecule has 5 heterocycles. The molecular formula is C61H69N9O15S. The molecule has 2 unspecified atom stereocenters. The SMILES string of the molecule is Cc1c(-c2ccc(N3CCc4c(C#N)ccc(C(=O)Nc5nc6ccccc6s5)c4C3)nc2C(=O)O)cnn1CC12CC3(C)CC(C)(C1)CC(OCCNC(=O)OCc1ccc(O[C@@H]4O[C@H](C(=O)O)[C@@H](O)[C@H](O)[C@H]4O)cc1OCCOCCN)(C3)C2. The number of aliphatic hydroxyl groups excluding tert-OH is 3. The van der Waals surface area contributed by atoms with Gasteiger partial charge >= 0.3 is 18.0 Å². The first-order valence-electron chi connectivity index (χ1n) is 28.6. The highest BCUT2D eigenvalue weighted by Crippen LogP contribution is 2.72. The Morgan fingerprint density at radius 3 is 2.42 bits per heavy atom. The van der Waals surface area contributed by atoms with Gasteiger partial charge in [-0.3, -0.25) is 14.8 Å². The summed E-state index contributed by atoms with van der Waals surface area (Å²) in [4.78, 5) is 63.1. The first-order valence-corrected chi connectivity index (χ1v) is 29.4. The van der Waals surface area contributed by atoms with Gasteiger partial charge in [-0.1, -0.05) is 37.3 Å². The number of pyridine rings is 1. The predicted octanol–water partition coefficient (Wildman–Crippen LogP) is 5.94. The van der Waals surface area contributed by atoms with Crippen LogP contribution in [-0.4, -0.2) is 152 Å². The first-order chi connectivity index (χ1) is 41.2. The number of aromatic nitrogens is 4. The van der Waals surface area contributed by atoms with Gasteiger partial charge < -0.3 is 69.9 Å². The van der Waals surface area contributed by atoms with Gasteiger partial charge in [0.2, 0.25) is 6.29 Å². The van der Waals surface area contributed by atoms with Crippen molar-refractivity contribution in [2.45, 2.75) is 122 Å². The number of nitrogens with one attached hydrogen (secondary N) is 2. The van der Waals surface area contributed by atoms with E-state index in [4.69, 9.17) is 44.2 Å². The van der Waals surface area contributed by atoms with Gasteiger partial charge in [-0.2, -0.15) is 10.4 Å². The molecule has 3 aromatic carbocycles. The quantitative estimate of drug-likeness (QED) is 0.0365. The summed E-state index contributed by atoms with van der Waals surface area (Å²) in [7, 11) is 0. The number of thiazole rings is 1. The number of carbonyl (C=O) groups excluding carboxylic acids is 2. The fraction of sp³-hybridized carbons (Fsp3) is 0.475. The van der Waals surface area contributed by atoms with Crippen LogP contribution in [-0.2, 0) is 49.9 Å². The lowest BCUT2D eigenvalue weighted by Gasteiger charge is -2.69. The predicted molar refractivity (Wildman–Crippen MR) is 311 cm³/mol. The Labute approximate surface area is 498 Å². The van der Waals surface area contributed by atoms with E-state index in [1.54, 1.807) is 36.5 Å². The number of amides is 2. The molecule has 2 aliphatic heterocycles. The van der Waals surface area contributed by atoms with Crippen LogP contribution in [0.15, 0.2) is 72.9 Å². The molecule has 86 heavy (non-hydrogen) atoms. The molecule has 2 amide bonds. The summed E-state index contributed by atoms with van der Waals surface area (Å²) in [5.41, 5.74) is 10.1. The van der Waals surface area contributed by atoms with Gasteiger partial charge in [0.25, 0.3) is 5.91 Å². The van der Waals surface area contributed by atoms with Gasteiger partial charge in [0.05, 0.1) is 53.5 Å². The number of carboxylic acids is 2. The van der Waals surface area contributed by atoms with Crippen molar-refractivity contribution in [1.29, 1.82) is 5.26 Å². The number of carbonyl (C=O) groups is 4. The number of carboxylic acid groups (broad SMARTS) is 2. The summed E-state index contributed by atoms with van der Waals surface area (Å²) in [6.45, 7) is 8.90. The van der Waals surface area contributed by atoms with Crippen LogP contribution in [0, 0.1) is 34.5 Å². The molecule has 25 heteroatoms. The molecule has 6 aliphatic rings. The Balaban J connectivity index is 0.732. The van der Waals surface area contributed by atoms with Crippen LogP contribution in [0.3, 0.4) is 0 Å². The van der Waals surface area contributed by atoms with E-state index < -0.39 is 54.3 Å². The molecule has 0 spiro atoms. The summed E-state index contributed by atoms with van der Waals surface area (Å²) in [5, 5.41) is 72.3. The molecule has 12 rings (SSSR count). The van der Waals surface area contributed by atoms with Crippen molar-refractivity contribution < 1.29 is 73.1 Å². The van der Waals surface area contributed by atoms with Gasteiger partial charge in [-0.05, 0) is 128 Å². The lowest BCUT2D eigenvalue weighted by atomic mass is 9.39. The summed E-state index contributed by atoms with van der Waals surface area (Å²) in [6, 6.07) is 21.2. The average molecular weight is 1200 g/mol. The Kier molecular flexibility index (Phi) is 16.8. The standard InChI is InChI=1S/C61H69N9O15S/c1-34-41(39-12-13-46(67-47(39)53(75)76)69-17-14-38-35(23-63)9-11-40(42(38)25-69)52(74)68-56-66-43-6-4-5-7-45(43)86-56)24-65-70(34)33-60-28-58(2)27-59(3,29-60)31-61(30-58,32-60)83-19-16-64-57(79)82-26-36-8-10-37(22-44(36)81-21-20-80-18-15-62)84-55-50(73)48(71)49(72)51(85-55)54(77)78/h4-13,22,24,48-51,55,71-73H,14-21,25-33,62H2,1-3H3,(H,64,79)(H,75,76)(H,77,78)(H,66,68,74)/t48-,49-,50+,51-,55+,58?,59?,60?,61?/m0/s1. The van der Waals surface area contributed by atoms with Crippen molar-refractivity contribution in [2.75, 3.05) is 56.3 Å². The van der Waals surface area contributed by atoms with E-state index in [2.05, 4.69) is 35.5 Å². The number of aliphatic carboxylic acids is 1. The molecule has 5 fully saturated rings. The number of hydrogen-bond donors (Lipinski definition) is 8. The normalized spacial score (nSPS) is 26.4. The highest BCUT2D eigenvalue weighted by Gasteiger charge is 2.66. The van der Waals surface area contributed by atoms with Crippen LogP contribution < -0.4 is 30.7 Å². The summed E-state index contributed by atoms with van der Waals surface area (Å²) in [6.07, 6.45) is -2.16. The fourth-order valence-electron chi connectivity index (χ4n) is 14.8. The number of ether oxygens (including phenoxy) is 6. The minimum atomic E-state index is -1.90. The van der Waals surface area contributed by atoms with E-state index in [1.165, 1.54) is 23.5 Å². The number of alkyl carbamates (subject to hydrolysis) is 1. The zero-order valence-corrected chi connectivity index (χ0v) is 48.6. The van der Waals surface area contributed by atoms with Gasteiger partial charge in [0.15, 0.2) is 16.9 Å². The number of rotatable bonds is 22. The molecule has 3 aromatic heterocycles. The number of nitrogens with zero attached hydrogens (tertiary/aromatic N) is 6. The average Bonchev–Trinajstić information content (AvgIpc) is 1.96. The molecular weight excluding hydrogens is 1130 g/mol. The molecule has 4 aliphatic carbocycles. The number of aliphatic hydroxyl groups is 3. The maximum Gasteiger partial charge on any atom is 0.407 e. The molecule has 4 bridgehead atoms. The Morgan fingerprint density at radius 1 is 0.884 bits per heavy atom. The van der Waals surface area contributed by atoms with Crippen LogP contribution in [0.4, 0.5) is 15.7 Å². The molecule has 0 radical (unpaired) electrons. The van der Waals surface area contributed by atoms with E-state index in [0.717, 1.165) is 60.0 Å². The van der Waals surface area contributed by atoms with E-state index in [9.17, 15) is 50.0 Å². The van der Waals surface area contributed by atoms with Crippen molar-refractivity contribution in [3.63, 3.8) is 0 Å². The monoisotopic (exact) mass is 1200 g/mol. The molecule has 4 saturated carbocycles. The number of nitrogens with two attached hydrogens (primary N) is 1. The number of benzene rings is 3. The number of anilines is 2. The molecule has 454 valence electrons. The molecule has 24 nitrogen and oxygen atoms in total.